The fourth-order valence-corrected chi connectivity index (χ4v) is 2.91. The maximum Gasteiger partial charge on any atom is 1.00 e. The molecule has 0 aliphatic rings. The maximum absolute atomic E-state index is 12.0. The zero-order valence-electron chi connectivity index (χ0n) is 15.1. The summed E-state index contributed by atoms with van der Waals surface area (Å²) in [5.41, 5.74) is 1.03. The van der Waals surface area contributed by atoms with E-state index >= 15 is 0 Å². The molecule has 0 radical (unpaired) electrons. The van der Waals surface area contributed by atoms with Crippen LogP contribution in [0.3, 0.4) is 0 Å². The van der Waals surface area contributed by atoms with Gasteiger partial charge in [0.15, 0.2) is 6.61 Å². The van der Waals surface area contributed by atoms with Crippen molar-refractivity contribution in [3.8, 4) is 5.75 Å². The fraction of sp³-hybridized carbons (Fsp3) is 0.111. The van der Waals surface area contributed by atoms with Crippen molar-refractivity contribution in [3.05, 3.63) is 64.5 Å². The summed E-state index contributed by atoms with van der Waals surface area (Å²) in [5.74, 6) is -0.0495. The van der Waals surface area contributed by atoms with Gasteiger partial charge in [0.1, 0.15) is 21.5 Å². The Balaban J connectivity index is 0.00000280. The first-order valence-corrected chi connectivity index (χ1v) is 9.16. The first-order valence-electron chi connectivity index (χ1n) is 7.75. The number of hydrogen-bond donors (Lipinski definition) is 1. The molecule has 0 unspecified atom stereocenters. The number of amides is 1. The number of ether oxygens (including phenoxy) is 1. The molecule has 1 heterocycles. The molecule has 140 valence electrons. The molecule has 0 atom stereocenters. The van der Waals surface area contributed by atoms with Crippen LogP contribution in [0.2, 0.25) is 0 Å². The Labute approximate surface area is 182 Å². The molecule has 2 aromatic carbocycles. The summed E-state index contributed by atoms with van der Waals surface area (Å²) in [6, 6.07) is 11.0. The predicted octanol–water partition coefficient (Wildman–Crippen LogP) is -0.973. The van der Waals surface area contributed by atoms with Gasteiger partial charge in [-0.15, -0.1) is 0 Å². The standard InChI is InChI=1S/C18H15NO7S.Na/c1-11-8-18(21)26-16-7-4-13(9-15(11)16)25-10-17(20)19-12-2-5-14(6-3-12)27(22,23)24;/h2-9H,10H2,1H3,(H,19,20)(H,22,23,24);/q;+1/p-1. The van der Waals surface area contributed by atoms with Gasteiger partial charge < -0.3 is 19.0 Å². The van der Waals surface area contributed by atoms with Gasteiger partial charge >= 0.3 is 35.2 Å². The molecule has 8 nitrogen and oxygen atoms in total. The normalized spacial score (nSPS) is 10.9. The number of anilines is 1. The van der Waals surface area contributed by atoms with Crippen LogP contribution in [0, 0.1) is 6.92 Å². The molecule has 3 aromatic rings. The number of fused-ring (bicyclic) bond motifs is 1. The molecule has 0 bridgehead atoms. The van der Waals surface area contributed by atoms with E-state index in [1.807, 2.05) is 0 Å². The molecule has 0 saturated heterocycles. The van der Waals surface area contributed by atoms with E-state index in [1.165, 1.54) is 18.2 Å². The predicted molar refractivity (Wildman–Crippen MR) is 95.8 cm³/mol. The number of rotatable bonds is 5. The summed E-state index contributed by atoms with van der Waals surface area (Å²) < 4.78 is 43.1. The number of aryl methyl sites for hydroxylation is 1. The molecule has 0 aliphatic heterocycles. The van der Waals surface area contributed by atoms with Crippen molar-refractivity contribution >= 4 is 32.7 Å². The van der Waals surface area contributed by atoms with Crippen LogP contribution in [0.5, 0.6) is 5.75 Å². The van der Waals surface area contributed by atoms with Crippen molar-refractivity contribution in [1.82, 2.24) is 0 Å². The van der Waals surface area contributed by atoms with Gasteiger partial charge in [0, 0.05) is 17.1 Å². The van der Waals surface area contributed by atoms with E-state index in [2.05, 4.69) is 5.32 Å². The van der Waals surface area contributed by atoms with Crippen molar-refractivity contribution < 1.29 is 56.5 Å². The fourth-order valence-electron chi connectivity index (χ4n) is 2.44. The molecule has 1 amide bonds. The second-order valence-electron chi connectivity index (χ2n) is 5.72. The molecule has 0 spiro atoms. The van der Waals surface area contributed by atoms with Gasteiger partial charge in [0.05, 0.1) is 4.90 Å². The third-order valence-electron chi connectivity index (χ3n) is 3.72. The Hall–Kier alpha value is -2.17. The molecule has 10 heteroatoms. The third kappa shape index (κ3) is 5.43. The number of hydrogen-bond acceptors (Lipinski definition) is 7. The van der Waals surface area contributed by atoms with Gasteiger partial charge in [-0.25, -0.2) is 13.2 Å². The summed E-state index contributed by atoms with van der Waals surface area (Å²) >= 11 is 0. The molecule has 0 fully saturated rings. The zero-order valence-corrected chi connectivity index (χ0v) is 17.9. The molecule has 1 N–H and O–H groups in total. The van der Waals surface area contributed by atoms with Crippen LogP contribution in [-0.2, 0) is 14.9 Å². The van der Waals surface area contributed by atoms with Crippen LogP contribution in [0.25, 0.3) is 11.0 Å². The van der Waals surface area contributed by atoms with Crippen molar-refractivity contribution in [2.75, 3.05) is 11.9 Å². The number of benzene rings is 2. The molecular formula is C18H14NNaO7S. The number of nitrogens with one attached hydrogen (secondary N) is 1. The Morgan fingerprint density at radius 3 is 2.46 bits per heavy atom. The summed E-state index contributed by atoms with van der Waals surface area (Å²) in [4.78, 5) is 22.9. The van der Waals surface area contributed by atoms with Gasteiger partial charge in [0.2, 0.25) is 0 Å². The number of carbonyl (C=O) groups is 1. The van der Waals surface area contributed by atoms with E-state index in [0.29, 0.717) is 22.4 Å². The van der Waals surface area contributed by atoms with Gasteiger partial charge in [-0.3, -0.25) is 4.79 Å². The summed E-state index contributed by atoms with van der Waals surface area (Å²) in [5, 5.41) is 3.22. The average molecular weight is 411 g/mol. The van der Waals surface area contributed by atoms with E-state index in [9.17, 15) is 22.6 Å². The van der Waals surface area contributed by atoms with E-state index in [1.54, 1.807) is 25.1 Å². The molecule has 28 heavy (non-hydrogen) atoms. The Kier molecular flexibility index (Phi) is 7.02. The van der Waals surface area contributed by atoms with Crippen LogP contribution in [0.1, 0.15) is 5.56 Å². The topological polar surface area (TPSA) is 126 Å². The monoisotopic (exact) mass is 411 g/mol. The first kappa shape index (κ1) is 22.1. The average Bonchev–Trinajstić information content (AvgIpc) is 2.60. The molecule has 3 rings (SSSR count). The third-order valence-corrected chi connectivity index (χ3v) is 4.57. The smallest absolute Gasteiger partial charge is 0.744 e. The van der Waals surface area contributed by atoms with Crippen LogP contribution >= 0.6 is 0 Å². The van der Waals surface area contributed by atoms with Crippen molar-refractivity contribution in [1.29, 1.82) is 0 Å². The van der Waals surface area contributed by atoms with Gasteiger partial charge in [0.25, 0.3) is 5.91 Å². The van der Waals surface area contributed by atoms with Gasteiger partial charge in [-0.05, 0) is 55.0 Å². The Morgan fingerprint density at radius 2 is 1.82 bits per heavy atom. The second kappa shape index (κ2) is 8.89. The van der Waals surface area contributed by atoms with Crippen LogP contribution in [0.15, 0.2) is 62.6 Å². The largest absolute Gasteiger partial charge is 1.00 e. The number of carbonyl (C=O) groups excluding carboxylic acids is 1. The van der Waals surface area contributed by atoms with E-state index < -0.39 is 21.7 Å². The molecular weight excluding hydrogens is 397 g/mol. The van der Waals surface area contributed by atoms with E-state index in [0.717, 1.165) is 17.7 Å². The van der Waals surface area contributed by atoms with Crippen LogP contribution < -0.4 is 45.2 Å². The molecule has 0 aliphatic carbocycles. The van der Waals surface area contributed by atoms with Gasteiger partial charge in [-0.2, -0.15) is 0 Å². The minimum Gasteiger partial charge on any atom is -0.744 e. The quantitative estimate of drug-likeness (QED) is 0.325. The van der Waals surface area contributed by atoms with Crippen molar-refractivity contribution in [2.24, 2.45) is 0 Å². The zero-order chi connectivity index (χ0) is 19.6. The Bertz CT molecular complexity index is 1170. The summed E-state index contributed by atoms with van der Waals surface area (Å²) in [6.07, 6.45) is 0. The molecule has 1 aromatic heterocycles. The molecule has 0 saturated carbocycles. The second-order valence-corrected chi connectivity index (χ2v) is 7.10. The van der Waals surface area contributed by atoms with E-state index in [-0.39, 0.29) is 41.1 Å². The first-order chi connectivity index (χ1) is 12.7. The summed E-state index contributed by atoms with van der Waals surface area (Å²) in [7, 11) is -4.53. The van der Waals surface area contributed by atoms with Crippen molar-refractivity contribution in [3.63, 3.8) is 0 Å². The van der Waals surface area contributed by atoms with Crippen LogP contribution in [0.4, 0.5) is 5.69 Å². The summed E-state index contributed by atoms with van der Waals surface area (Å²) in [6.45, 7) is 1.48. The Morgan fingerprint density at radius 1 is 1.14 bits per heavy atom. The van der Waals surface area contributed by atoms with Gasteiger partial charge in [-0.1, -0.05) is 0 Å². The SMILES string of the molecule is Cc1cc(=O)oc2ccc(OCC(=O)Nc3ccc(S(=O)(=O)[O-])cc3)cc12.[Na+]. The minimum absolute atomic E-state index is 0. The van der Waals surface area contributed by atoms with Crippen LogP contribution in [-0.4, -0.2) is 25.5 Å². The van der Waals surface area contributed by atoms with Crippen molar-refractivity contribution in [2.45, 2.75) is 11.8 Å². The minimum atomic E-state index is -4.53. The van der Waals surface area contributed by atoms with E-state index in [4.69, 9.17) is 9.15 Å². The maximum atomic E-state index is 12.0.